The molecule has 0 aromatic heterocycles. The smallest absolute Gasteiger partial charge is 0.251 e. The Balaban J connectivity index is 0.00000204. The second-order valence-corrected chi connectivity index (χ2v) is 7.33. The maximum absolute atomic E-state index is 12.6. The van der Waals surface area contributed by atoms with Gasteiger partial charge in [0.15, 0.2) is 0 Å². The van der Waals surface area contributed by atoms with Crippen LogP contribution in [0.3, 0.4) is 0 Å². The number of carbonyl (C=O) groups excluding carboxylic acids is 2. The summed E-state index contributed by atoms with van der Waals surface area (Å²) in [5.74, 6) is 0.0829. The van der Waals surface area contributed by atoms with Gasteiger partial charge in [-0.1, -0.05) is 38.1 Å². The van der Waals surface area contributed by atoms with Crippen molar-refractivity contribution < 1.29 is 9.59 Å². The fraction of sp³-hybridized carbons (Fsp3) is 0.261. The molecule has 1 aromatic carbocycles. The number of benzene rings is 1. The number of hydrogen-bond donors (Lipinski definition) is 2. The van der Waals surface area contributed by atoms with Crippen molar-refractivity contribution in [1.82, 2.24) is 10.2 Å². The van der Waals surface area contributed by atoms with Crippen LogP contribution in [0.25, 0.3) is 0 Å². The lowest BCUT2D eigenvalue weighted by atomic mass is 10.1. The molecule has 0 unspecified atom stereocenters. The third kappa shape index (κ3) is 7.81. The summed E-state index contributed by atoms with van der Waals surface area (Å²) in [6.45, 7) is 6.35. The van der Waals surface area contributed by atoms with Crippen LogP contribution in [0.2, 0.25) is 0 Å². The van der Waals surface area contributed by atoms with Crippen LogP contribution in [0, 0.1) is 8.98 Å². The normalized spacial score (nSPS) is 13.2. The van der Waals surface area contributed by atoms with Crippen LogP contribution in [-0.2, 0) is 16.1 Å². The summed E-state index contributed by atoms with van der Waals surface area (Å²) in [6, 6.07) is 8.02. The molecule has 154 valence electrons. The molecule has 0 radical (unpaired) electrons. The first-order valence-corrected chi connectivity index (χ1v) is 10.5. The van der Waals surface area contributed by atoms with Gasteiger partial charge in [-0.15, -0.1) is 0 Å². The zero-order chi connectivity index (χ0) is 21.8. The number of halogens is 1. The van der Waals surface area contributed by atoms with Gasteiger partial charge in [0, 0.05) is 34.9 Å². The molecule has 1 amide bonds. The van der Waals surface area contributed by atoms with Crippen molar-refractivity contribution in [1.29, 1.82) is 5.41 Å². The number of amidine groups is 1. The Hall–Kier alpha value is -2.48. The van der Waals surface area contributed by atoms with Crippen LogP contribution in [0.4, 0.5) is 0 Å². The van der Waals surface area contributed by atoms with Gasteiger partial charge in [-0.2, -0.15) is 0 Å². The van der Waals surface area contributed by atoms with E-state index in [0.717, 1.165) is 20.4 Å². The first kappa shape index (κ1) is 24.6. The molecule has 0 saturated carbocycles. The number of aldehydes is 1. The molecule has 1 aromatic rings. The summed E-state index contributed by atoms with van der Waals surface area (Å²) < 4.78 is 1.16. The molecule has 0 atom stereocenters. The molecule has 1 aliphatic carbocycles. The lowest BCUT2D eigenvalue weighted by Crippen LogP contribution is -2.24. The number of hydrogen-bond acceptors (Lipinski definition) is 3. The van der Waals surface area contributed by atoms with E-state index in [2.05, 4.69) is 27.9 Å². The van der Waals surface area contributed by atoms with Crippen LogP contribution >= 0.6 is 22.6 Å². The summed E-state index contributed by atoms with van der Waals surface area (Å²) in [5.41, 5.74) is 3.37. The van der Waals surface area contributed by atoms with Gasteiger partial charge in [0.25, 0.3) is 5.91 Å². The topological polar surface area (TPSA) is 73.3 Å². The Morgan fingerprint density at radius 3 is 2.55 bits per heavy atom. The lowest BCUT2D eigenvalue weighted by Gasteiger charge is -2.20. The second kappa shape index (κ2) is 12.9. The second-order valence-electron chi connectivity index (χ2n) is 6.09. The zero-order valence-corrected chi connectivity index (χ0v) is 19.5. The first-order chi connectivity index (χ1) is 13.9. The van der Waals surface area contributed by atoms with Crippen molar-refractivity contribution >= 4 is 40.6 Å². The van der Waals surface area contributed by atoms with Crippen molar-refractivity contribution in [3.8, 4) is 0 Å². The van der Waals surface area contributed by atoms with Gasteiger partial charge in [-0.3, -0.25) is 15.0 Å². The standard InChI is InChI=1S/C21H22IN3O2.C2H6/c1-15-13-18(25(2)20(23)7-4-12-26)5-3-6-19(15)21(27)24-14-16-8-10-17(22)11-9-16;1-2/h3-4,6-13,23H,5,14H2,1-2H3,(H,24,27);1-2H3/b7-4-,23-20?;. The fourth-order valence-electron chi connectivity index (χ4n) is 2.58. The average molecular weight is 505 g/mol. The number of rotatable bonds is 6. The molecule has 1 aliphatic rings. The van der Waals surface area contributed by atoms with Gasteiger partial charge >= 0.3 is 0 Å². The summed E-state index contributed by atoms with van der Waals surface area (Å²) in [5, 5.41) is 11.0. The van der Waals surface area contributed by atoms with Gasteiger partial charge in [-0.25, -0.2) is 0 Å². The Bertz CT molecular complexity index is 849. The predicted molar refractivity (Wildman–Crippen MR) is 128 cm³/mol. The van der Waals surface area contributed by atoms with Crippen molar-refractivity contribution in [2.45, 2.75) is 33.7 Å². The van der Waals surface area contributed by atoms with Crippen LogP contribution < -0.4 is 5.32 Å². The molecule has 6 heteroatoms. The van der Waals surface area contributed by atoms with Crippen LogP contribution in [0.5, 0.6) is 0 Å². The molecule has 0 spiro atoms. The summed E-state index contributed by atoms with van der Waals surface area (Å²) >= 11 is 2.25. The predicted octanol–water partition coefficient (Wildman–Crippen LogP) is 4.76. The van der Waals surface area contributed by atoms with Crippen molar-refractivity contribution in [2.75, 3.05) is 7.05 Å². The molecular formula is C23H28IN3O2. The Morgan fingerprint density at radius 2 is 1.93 bits per heavy atom. The molecule has 2 N–H and O–H groups in total. The maximum atomic E-state index is 12.6. The minimum atomic E-state index is -0.126. The van der Waals surface area contributed by atoms with Gasteiger partial charge in [-0.05, 0) is 71.0 Å². The largest absolute Gasteiger partial charge is 0.348 e. The molecule has 5 nitrogen and oxygen atoms in total. The molecule has 0 heterocycles. The van der Waals surface area contributed by atoms with Gasteiger partial charge in [0.1, 0.15) is 12.1 Å². The number of allylic oxidation sites excluding steroid dienone is 4. The molecule has 0 bridgehead atoms. The molecule has 29 heavy (non-hydrogen) atoms. The highest BCUT2D eigenvalue weighted by Gasteiger charge is 2.14. The van der Waals surface area contributed by atoms with Gasteiger partial charge in [0.2, 0.25) is 0 Å². The van der Waals surface area contributed by atoms with Gasteiger partial charge in [0.05, 0.1) is 0 Å². The van der Waals surface area contributed by atoms with E-state index in [1.807, 2.05) is 63.3 Å². The van der Waals surface area contributed by atoms with Crippen LogP contribution in [-0.4, -0.2) is 30.0 Å². The summed E-state index contributed by atoms with van der Waals surface area (Å²) in [7, 11) is 1.77. The van der Waals surface area contributed by atoms with Crippen molar-refractivity contribution in [3.05, 3.63) is 80.6 Å². The molecule has 0 saturated heterocycles. The number of amides is 1. The molecule has 0 aliphatic heterocycles. The Morgan fingerprint density at radius 1 is 1.28 bits per heavy atom. The highest BCUT2D eigenvalue weighted by molar-refractivity contribution is 14.1. The van der Waals surface area contributed by atoms with E-state index in [1.165, 1.54) is 12.2 Å². The summed E-state index contributed by atoms with van der Waals surface area (Å²) in [6.07, 6.45) is 9.61. The third-order valence-electron chi connectivity index (χ3n) is 4.16. The highest BCUT2D eigenvalue weighted by atomic mass is 127. The van der Waals surface area contributed by atoms with E-state index in [-0.39, 0.29) is 11.7 Å². The van der Waals surface area contributed by atoms with Crippen molar-refractivity contribution in [2.24, 2.45) is 0 Å². The SMILES string of the molecule is CC.CC1=C(C(=O)NCc2ccc(I)cc2)C=CCC(N(C)C(=N)/C=C\C=O)=C1. The van der Waals surface area contributed by atoms with E-state index < -0.39 is 0 Å². The number of carbonyl (C=O) groups is 2. The van der Waals surface area contributed by atoms with E-state index in [9.17, 15) is 9.59 Å². The zero-order valence-electron chi connectivity index (χ0n) is 17.3. The number of nitrogens with zero attached hydrogens (tertiary/aromatic N) is 1. The number of nitrogens with one attached hydrogen (secondary N) is 2. The third-order valence-corrected chi connectivity index (χ3v) is 4.87. The maximum Gasteiger partial charge on any atom is 0.251 e. The van der Waals surface area contributed by atoms with E-state index in [1.54, 1.807) is 11.9 Å². The lowest BCUT2D eigenvalue weighted by molar-refractivity contribution is -0.117. The molecular weight excluding hydrogens is 477 g/mol. The minimum Gasteiger partial charge on any atom is -0.348 e. The quantitative estimate of drug-likeness (QED) is 0.193. The van der Waals surface area contributed by atoms with E-state index >= 15 is 0 Å². The minimum absolute atomic E-state index is 0.126. The molecule has 0 fully saturated rings. The van der Waals surface area contributed by atoms with Crippen molar-refractivity contribution in [3.63, 3.8) is 0 Å². The Kier molecular flexibility index (Phi) is 10.9. The highest BCUT2D eigenvalue weighted by Crippen LogP contribution is 2.20. The Labute approximate surface area is 186 Å². The first-order valence-electron chi connectivity index (χ1n) is 9.47. The van der Waals surface area contributed by atoms with E-state index in [0.29, 0.717) is 24.8 Å². The fourth-order valence-corrected chi connectivity index (χ4v) is 2.94. The average Bonchev–Trinajstić information content (AvgIpc) is 2.93. The van der Waals surface area contributed by atoms with Gasteiger partial charge < -0.3 is 10.2 Å². The van der Waals surface area contributed by atoms with Crippen LogP contribution in [0.15, 0.2) is 71.5 Å². The number of likely N-dealkylation sites (N-methyl/N-ethyl adjacent to an activating group) is 1. The van der Waals surface area contributed by atoms with E-state index in [4.69, 9.17) is 5.41 Å². The monoisotopic (exact) mass is 505 g/mol. The summed E-state index contributed by atoms with van der Waals surface area (Å²) in [4.78, 5) is 24.7. The van der Waals surface area contributed by atoms with Crippen LogP contribution in [0.1, 0.15) is 32.8 Å². The molecule has 2 rings (SSSR count).